The van der Waals surface area contributed by atoms with E-state index in [1.807, 2.05) is 24.3 Å². The van der Waals surface area contributed by atoms with Crippen molar-refractivity contribution in [3.05, 3.63) is 28.7 Å². The molecule has 0 aliphatic rings. The Balaban J connectivity index is 2.37. The van der Waals surface area contributed by atoms with Crippen molar-refractivity contribution in [3.63, 3.8) is 0 Å². The molecule has 1 aromatic rings. The van der Waals surface area contributed by atoms with E-state index in [0.717, 1.165) is 15.1 Å². The lowest BCUT2D eigenvalue weighted by atomic mass is 10.4. The molecule has 0 aliphatic carbocycles. The van der Waals surface area contributed by atoms with Gasteiger partial charge in [0.25, 0.3) is 0 Å². The van der Waals surface area contributed by atoms with Gasteiger partial charge in [-0.25, -0.2) is 0 Å². The highest BCUT2D eigenvalue weighted by molar-refractivity contribution is 9.10. The van der Waals surface area contributed by atoms with Crippen LogP contribution in [0.2, 0.25) is 0 Å². The van der Waals surface area contributed by atoms with E-state index in [4.69, 9.17) is 11.6 Å². The van der Waals surface area contributed by atoms with Gasteiger partial charge in [-0.15, -0.1) is 11.8 Å². The minimum absolute atomic E-state index is 0.274. The number of rotatable bonds is 4. The average molecular weight is 280 g/mol. The van der Waals surface area contributed by atoms with Gasteiger partial charge in [-0.3, -0.25) is 4.79 Å². The van der Waals surface area contributed by atoms with Crippen LogP contribution in [-0.4, -0.2) is 11.0 Å². The van der Waals surface area contributed by atoms with Crippen molar-refractivity contribution in [3.8, 4) is 0 Å². The van der Waals surface area contributed by atoms with Crippen LogP contribution in [0.25, 0.3) is 0 Å². The van der Waals surface area contributed by atoms with Crippen LogP contribution in [0.4, 0.5) is 0 Å². The van der Waals surface area contributed by atoms with E-state index in [2.05, 4.69) is 15.9 Å². The molecule has 0 aromatic heterocycles. The van der Waals surface area contributed by atoms with Crippen LogP contribution in [0.5, 0.6) is 0 Å². The van der Waals surface area contributed by atoms with Crippen LogP contribution < -0.4 is 0 Å². The first-order valence-corrected chi connectivity index (χ1v) is 5.91. The van der Waals surface area contributed by atoms with Crippen molar-refractivity contribution >= 4 is 44.5 Å². The first-order chi connectivity index (χ1) is 6.18. The van der Waals surface area contributed by atoms with Crippen molar-refractivity contribution < 1.29 is 4.79 Å². The van der Waals surface area contributed by atoms with Crippen LogP contribution >= 0.6 is 39.3 Å². The highest BCUT2D eigenvalue weighted by atomic mass is 79.9. The van der Waals surface area contributed by atoms with Gasteiger partial charge in [-0.1, -0.05) is 15.9 Å². The Bertz CT molecular complexity index is 286. The number of carbonyl (C=O) groups is 1. The van der Waals surface area contributed by atoms with E-state index in [1.165, 1.54) is 0 Å². The summed E-state index contributed by atoms with van der Waals surface area (Å²) in [7, 11) is 0. The lowest BCUT2D eigenvalue weighted by Crippen LogP contribution is -1.87. The van der Waals surface area contributed by atoms with Gasteiger partial charge in [0.05, 0.1) is 0 Å². The summed E-state index contributed by atoms with van der Waals surface area (Å²) >= 11 is 10.2. The third-order valence-electron chi connectivity index (χ3n) is 1.38. The second-order valence-corrected chi connectivity index (χ2v) is 4.91. The van der Waals surface area contributed by atoms with Gasteiger partial charge >= 0.3 is 0 Å². The van der Waals surface area contributed by atoms with Crippen molar-refractivity contribution in [1.82, 2.24) is 0 Å². The maximum atomic E-state index is 10.4. The summed E-state index contributed by atoms with van der Waals surface area (Å²) in [5, 5.41) is -0.274. The fourth-order valence-electron chi connectivity index (χ4n) is 0.780. The third-order valence-corrected chi connectivity index (χ3v) is 3.11. The van der Waals surface area contributed by atoms with Crippen molar-refractivity contribution in [2.24, 2.45) is 0 Å². The summed E-state index contributed by atoms with van der Waals surface area (Å²) in [6.07, 6.45) is 0.419. The molecule has 0 unspecified atom stereocenters. The number of carbonyl (C=O) groups excluding carboxylic acids is 1. The van der Waals surface area contributed by atoms with Crippen molar-refractivity contribution in [1.29, 1.82) is 0 Å². The van der Waals surface area contributed by atoms with Crippen LogP contribution in [0, 0.1) is 0 Å². The zero-order chi connectivity index (χ0) is 9.68. The minimum atomic E-state index is -0.274. The van der Waals surface area contributed by atoms with Crippen molar-refractivity contribution in [2.45, 2.75) is 11.3 Å². The van der Waals surface area contributed by atoms with Gasteiger partial charge in [0.2, 0.25) is 5.24 Å². The van der Waals surface area contributed by atoms with Gasteiger partial charge < -0.3 is 0 Å². The first-order valence-electron chi connectivity index (χ1n) is 3.75. The molecular weight excluding hydrogens is 272 g/mol. The maximum Gasteiger partial charge on any atom is 0.222 e. The molecule has 0 atom stereocenters. The molecular formula is C9H8BrClOS. The summed E-state index contributed by atoms with van der Waals surface area (Å²) in [6.45, 7) is 0. The Morgan fingerprint density at radius 3 is 2.54 bits per heavy atom. The fourth-order valence-corrected chi connectivity index (χ4v) is 2.10. The zero-order valence-electron chi connectivity index (χ0n) is 6.80. The molecule has 0 heterocycles. The molecule has 13 heavy (non-hydrogen) atoms. The Labute approximate surface area is 95.0 Å². The van der Waals surface area contributed by atoms with Gasteiger partial charge in [0, 0.05) is 21.5 Å². The van der Waals surface area contributed by atoms with E-state index >= 15 is 0 Å². The summed E-state index contributed by atoms with van der Waals surface area (Å²) in [5.41, 5.74) is 0. The molecule has 0 radical (unpaired) electrons. The second kappa shape index (κ2) is 5.68. The van der Waals surface area contributed by atoms with E-state index in [-0.39, 0.29) is 5.24 Å². The summed E-state index contributed by atoms with van der Waals surface area (Å²) in [6, 6.07) is 7.97. The number of thioether (sulfide) groups is 1. The first kappa shape index (κ1) is 11.1. The number of halogens is 2. The van der Waals surface area contributed by atoms with Gasteiger partial charge in [-0.05, 0) is 35.9 Å². The maximum absolute atomic E-state index is 10.4. The van der Waals surface area contributed by atoms with Gasteiger partial charge in [0.15, 0.2) is 0 Å². The molecule has 1 nitrogen and oxygen atoms in total. The van der Waals surface area contributed by atoms with Crippen LogP contribution in [0.3, 0.4) is 0 Å². The average Bonchev–Trinajstić information content (AvgIpc) is 2.08. The monoisotopic (exact) mass is 278 g/mol. The predicted octanol–water partition coefficient (Wildman–Crippen LogP) is 3.70. The molecule has 1 rings (SSSR count). The topological polar surface area (TPSA) is 17.1 Å². The standard InChI is InChI=1S/C9H8BrClOS/c10-7-1-3-8(4-2-7)13-6-5-9(11)12/h1-4H,5-6H2. The Morgan fingerprint density at radius 2 is 2.00 bits per heavy atom. The molecule has 0 fully saturated rings. The van der Waals surface area contributed by atoms with Gasteiger partial charge in [-0.2, -0.15) is 0 Å². The zero-order valence-corrected chi connectivity index (χ0v) is 9.95. The van der Waals surface area contributed by atoms with Crippen molar-refractivity contribution in [2.75, 3.05) is 5.75 Å². The number of benzene rings is 1. The lowest BCUT2D eigenvalue weighted by molar-refractivity contribution is -0.111. The molecule has 0 saturated carbocycles. The molecule has 0 spiro atoms. The molecule has 0 aliphatic heterocycles. The summed E-state index contributed by atoms with van der Waals surface area (Å²) in [4.78, 5) is 11.6. The Morgan fingerprint density at radius 1 is 1.38 bits per heavy atom. The fraction of sp³-hybridized carbons (Fsp3) is 0.222. The minimum Gasteiger partial charge on any atom is -0.281 e. The SMILES string of the molecule is O=C(Cl)CCSc1ccc(Br)cc1. The molecule has 0 bridgehead atoms. The molecule has 0 N–H and O–H groups in total. The molecule has 0 saturated heterocycles. The highest BCUT2D eigenvalue weighted by Crippen LogP contribution is 2.21. The molecule has 70 valence electrons. The lowest BCUT2D eigenvalue weighted by Gasteiger charge is -1.98. The predicted molar refractivity (Wildman–Crippen MR) is 60.3 cm³/mol. The van der Waals surface area contributed by atoms with Crippen LogP contribution in [-0.2, 0) is 4.79 Å². The Hall–Kier alpha value is 0.01000. The molecule has 1 aromatic carbocycles. The number of hydrogen-bond donors (Lipinski definition) is 0. The smallest absolute Gasteiger partial charge is 0.222 e. The molecule has 0 amide bonds. The second-order valence-electron chi connectivity index (χ2n) is 2.41. The quantitative estimate of drug-likeness (QED) is 0.617. The highest BCUT2D eigenvalue weighted by Gasteiger charge is 1.97. The number of hydrogen-bond acceptors (Lipinski definition) is 2. The molecule has 4 heteroatoms. The van der Waals surface area contributed by atoms with Crippen LogP contribution in [0.15, 0.2) is 33.6 Å². The summed E-state index contributed by atoms with van der Waals surface area (Å²) < 4.78 is 1.06. The van der Waals surface area contributed by atoms with E-state index in [0.29, 0.717) is 6.42 Å². The van der Waals surface area contributed by atoms with Crippen LogP contribution in [0.1, 0.15) is 6.42 Å². The normalized spacial score (nSPS) is 10.0. The summed E-state index contributed by atoms with van der Waals surface area (Å²) in [5.74, 6) is 0.740. The Kier molecular flexibility index (Phi) is 4.84. The van der Waals surface area contributed by atoms with E-state index in [9.17, 15) is 4.79 Å². The third kappa shape index (κ3) is 4.69. The van der Waals surface area contributed by atoms with E-state index < -0.39 is 0 Å². The van der Waals surface area contributed by atoms with Gasteiger partial charge in [0.1, 0.15) is 0 Å². The largest absolute Gasteiger partial charge is 0.281 e. The van der Waals surface area contributed by atoms with E-state index in [1.54, 1.807) is 11.8 Å².